The van der Waals surface area contributed by atoms with E-state index in [9.17, 15) is 4.79 Å². The van der Waals surface area contributed by atoms with Crippen molar-refractivity contribution in [2.24, 2.45) is 0 Å². The van der Waals surface area contributed by atoms with Crippen molar-refractivity contribution in [1.29, 1.82) is 0 Å². The van der Waals surface area contributed by atoms with Gasteiger partial charge in [-0.25, -0.2) is 4.98 Å². The monoisotopic (exact) mass is 322 g/mol. The maximum absolute atomic E-state index is 12.7. The number of fused-ring (bicyclic) bond motifs is 1. The molecule has 4 nitrogen and oxygen atoms in total. The quantitative estimate of drug-likeness (QED) is 0.870. The van der Waals surface area contributed by atoms with Gasteiger partial charge >= 0.3 is 0 Å². The van der Waals surface area contributed by atoms with Gasteiger partial charge in [0.2, 0.25) is 11.8 Å². The lowest BCUT2D eigenvalue weighted by molar-refractivity contribution is -0.132. The Morgan fingerprint density at radius 1 is 1.48 bits per heavy atom. The Balaban J connectivity index is 1.72. The first-order valence-electron chi connectivity index (χ1n) is 6.71. The van der Waals surface area contributed by atoms with Crippen molar-refractivity contribution in [3.8, 4) is 5.88 Å². The minimum absolute atomic E-state index is 0.110. The molecule has 110 valence electrons. The number of hydrogen-bond acceptors (Lipinski definition) is 4. The summed E-state index contributed by atoms with van der Waals surface area (Å²) in [5, 5.41) is 0.700. The minimum Gasteiger partial charge on any atom is -0.477 e. The zero-order chi connectivity index (χ0) is 14.8. The molecular formula is C15H15ClN2O2S. The van der Waals surface area contributed by atoms with Crippen molar-refractivity contribution in [3.63, 3.8) is 0 Å². The Bertz CT molecular complexity index is 641. The van der Waals surface area contributed by atoms with Crippen molar-refractivity contribution in [1.82, 2.24) is 9.88 Å². The van der Waals surface area contributed by atoms with E-state index < -0.39 is 0 Å². The normalized spacial score (nSPS) is 17.0. The van der Waals surface area contributed by atoms with E-state index in [2.05, 4.69) is 4.98 Å². The van der Waals surface area contributed by atoms with Gasteiger partial charge in [-0.15, -0.1) is 11.3 Å². The second-order valence-electron chi connectivity index (χ2n) is 5.03. The Morgan fingerprint density at radius 3 is 3.00 bits per heavy atom. The van der Waals surface area contributed by atoms with Gasteiger partial charge in [0.05, 0.1) is 22.9 Å². The highest BCUT2D eigenvalue weighted by Gasteiger charge is 2.31. The fourth-order valence-electron chi connectivity index (χ4n) is 2.43. The van der Waals surface area contributed by atoms with Gasteiger partial charge in [0, 0.05) is 18.6 Å². The molecule has 2 heterocycles. The average Bonchev–Trinajstić information content (AvgIpc) is 2.97. The maximum Gasteiger partial charge on any atom is 0.231 e. The summed E-state index contributed by atoms with van der Waals surface area (Å²) < 4.78 is 5.47. The lowest BCUT2D eigenvalue weighted by atomic mass is 10.0. The molecule has 1 aromatic heterocycles. The molecule has 1 atom stereocenters. The molecular weight excluding hydrogens is 308 g/mol. The third kappa shape index (κ3) is 3.04. The third-order valence-electron chi connectivity index (χ3n) is 3.53. The van der Waals surface area contributed by atoms with Gasteiger partial charge in [-0.1, -0.05) is 23.7 Å². The molecule has 0 bridgehead atoms. The van der Waals surface area contributed by atoms with Crippen LogP contribution in [-0.2, 0) is 11.3 Å². The first-order valence-corrected chi connectivity index (χ1v) is 7.96. The van der Waals surface area contributed by atoms with E-state index in [1.54, 1.807) is 10.4 Å². The van der Waals surface area contributed by atoms with Crippen LogP contribution in [-0.4, -0.2) is 29.4 Å². The number of thiazole rings is 1. The summed E-state index contributed by atoms with van der Waals surface area (Å²) >= 11 is 7.36. The lowest BCUT2D eigenvalue weighted by Crippen LogP contribution is -2.33. The van der Waals surface area contributed by atoms with Crippen molar-refractivity contribution in [3.05, 3.63) is 45.2 Å². The van der Waals surface area contributed by atoms with Gasteiger partial charge in [-0.05, 0) is 24.1 Å². The van der Waals surface area contributed by atoms with Crippen LogP contribution in [0.15, 0.2) is 29.8 Å². The van der Waals surface area contributed by atoms with Crippen LogP contribution in [0.1, 0.15) is 22.8 Å². The number of rotatable bonds is 3. The molecule has 0 saturated carbocycles. The predicted molar refractivity (Wildman–Crippen MR) is 82.9 cm³/mol. The number of halogens is 1. The maximum atomic E-state index is 12.7. The molecule has 0 saturated heterocycles. The highest BCUT2D eigenvalue weighted by Crippen LogP contribution is 2.36. The van der Waals surface area contributed by atoms with Gasteiger partial charge in [0.25, 0.3) is 0 Å². The zero-order valence-electron chi connectivity index (χ0n) is 11.6. The number of carbonyl (C=O) groups is 1. The zero-order valence-corrected chi connectivity index (χ0v) is 13.2. The van der Waals surface area contributed by atoms with E-state index in [1.165, 1.54) is 11.3 Å². The second-order valence-corrected chi connectivity index (χ2v) is 6.36. The van der Waals surface area contributed by atoms with Crippen LogP contribution in [0.4, 0.5) is 0 Å². The standard InChI is InChI=1S/C15H15ClN2O2S/c1-18(8-10-2-4-11(16)5-3-10)15(19)12-6-7-20-14-13(12)21-9-17-14/h2-5,9,12H,6-8H2,1H3. The number of benzene rings is 1. The Labute approximate surface area is 132 Å². The first kappa shape index (κ1) is 14.4. The van der Waals surface area contributed by atoms with Crippen LogP contribution < -0.4 is 4.74 Å². The molecule has 0 spiro atoms. The highest BCUT2D eigenvalue weighted by atomic mass is 35.5. The molecule has 1 unspecified atom stereocenters. The Morgan fingerprint density at radius 2 is 2.24 bits per heavy atom. The summed E-state index contributed by atoms with van der Waals surface area (Å²) in [5.74, 6) is 0.585. The molecule has 0 fully saturated rings. The molecule has 3 rings (SSSR count). The van der Waals surface area contributed by atoms with E-state index in [-0.39, 0.29) is 11.8 Å². The molecule has 0 aliphatic carbocycles. The van der Waals surface area contributed by atoms with Crippen LogP contribution in [0, 0.1) is 0 Å². The molecule has 21 heavy (non-hydrogen) atoms. The van der Waals surface area contributed by atoms with E-state index in [0.29, 0.717) is 30.5 Å². The van der Waals surface area contributed by atoms with E-state index in [1.807, 2.05) is 31.3 Å². The van der Waals surface area contributed by atoms with Gasteiger partial charge in [-0.3, -0.25) is 4.79 Å². The molecule has 1 aliphatic rings. The summed E-state index contributed by atoms with van der Waals surface area (Å²) in [6.07, 6.45) is 0.707. The number of aromatic nitrogens is 1. The highest BCUT2D eigenvalue weighted by molar-refractivity contribution is 7.10. The fourth-order valence-corrected chi connectivity index (χ4v) is 3.42. The van der Waals surface area contributed by atoms with Gasteiger partial charge in [0.15, 0.2) is 0 Å². The van der Waals surface area contributed by atoms with Crippen molar-refractivity contribution in [2.75, 3.05) is 13.7 Å². The van der Waals surface area contributed by atoms with Crippen LogP contribution in [0.2, 0.25) is 5.02 Å². The second kappa shape index (κ2) is 6.03. The number of likely N-dealkylation sites (N-methyl/N-ethyl adjacent to an activating group) is 1. The lowest BCUT2D eigenvalue weighted by Gasteiger charge is -2.26. The minimum atomic E-state index is -0.140. The Kier molecular flexibility index (Phi) is 4.12. The number of ether oxygens (including phenoxy) is 1. The van der Waals surface area contributed by atoms with Gasteiger partial charge < -0.3 is 9.64 Å². The SMILES string of the molecule is CN(Cc1ccc(Cl)cc1)C(=O)C1CCOc2ncsc21. The largest absolute Gasteiger partial charge is 0.477 e. The van der Waals surface area contributed by atoms with Crippen LogP contribution >= 0.6 is 22.9 Å². The third-order valence-corrected chi connectivity index (χ3v) is 4.71. The average molecular weight is 323 g/mol. The summed E-state index contributed by atoms with van der Waals surface area (Å²) in [6, 6.07) is 7.55. The van der Waals surface area contributed by atoms with E-state index in [4.69, 9.17) is 16.3 Å². The number of carbonyl (C=O) groups excluding carboxylic acids is 1. The molecule has 0 N–H and O–H groups in total. The topological polar surface area (TPSA) is 42.4 Å². The Hall–Kier alpha value is -1.59. The molecule has 1 aromatic carbocycles. The number of hydrogen-bond donors (Lipinski definition) is 0. The molecule has 6 heteroatoms. The number of nitrogens with zero attached hydrogens (tertiary/aromatic N) is 2. The van der Waals surface area contributed by atoms with Crippen molar-refractivity contribution >= 4 is 28.8 Å². The summed E-state index contributed by atoms with van der Waals surface area (Å²) in [5.41, 5.74) is 2.79. The van der Waals surface area contributed by atoms with Gasteiger partial charge in [0.1, 0.15) is 0 Å². The van der Waals surface area contributed by atoms with Crippen molar-refractivity contribution in [2.45, 2.75) is 18.9 Å². The summed E-state index contributed by atoms with van der Waals surface area (Å²) in [6.45, 7) is 1.11. The molecule has 2 aromatic rings. The van der Waals surface area contributed by atoms with E-state index in [0.717, 1.165) is 10.4 Å². The van der Waals surface area contributed by atoms with Crippen molar-refractivity contribution < 1.29 is 9.53 Å². The fraction of sp³-hybridized carbons (Fsp3) is 0.333. The number of amides is 1. The molecule has 1 aliphatic heterocycles. The van der Waals surface area contributed by atoms with Gasteiger partial charge in [-0.2, -0.15) is 0 Å². The van der Waals surface area contributed by atoms with Crippen LogP contribution in [0.5, 0.6) is 5.88 Å². The summed E-state index contributed by atoms with van der Waals surface area (Å²) in [4.78, 5) is 19.5. The smallest absolute Gasteiger partial charge is 0.231 e. The molecule has 1 amide bonds. The summed E-state index contributed by atoms with van der Waals surface area (Å²) in [7, 11) is 1.83. The predicted octanol–water partition coefficient (Wildman–Crippen LogP) is 3.32. The van der Waals surface area contributed by atoms with Crippen LogP contribution in [0.3, 0.4) is 0 Å². The molecule has 0 radical (unpaired) electrons. The first-order chi connectivity index (χ1) is 10.1. The van der Waals surface area contributed by atoms with E-state index >= 15 is 0 Å². The van der Waals surface area contributed by atoms with Crippen LogP contribution in [0.25, 0.3) is 0 Å².